The fraction of sp³-hybridized carbons (Fsp3) is 0.556. The van der Waals surface area contributed by atoms with Crippen LogP contribution in [0.25, 0.3) is 0 Å². The molecule has 0 spiro atoms. The molecule has 0 radical (unpaired) electrons. The molecule has 6 heteroatoms. The monoisotopic (exact) mass is 336 g/mol. The van der Waals surface area contributed by atoms with E-state index in [0.29, 0.717) is 32.1 Å². The molecule has 0 atom stereocenters. The average molecular weight is 336 g/mol. The number of carbonyl (C=O) groups is 1. The lowest BCUT2D eigenvalue weighted by Gasteiger charge is -2.25. The topological polar surface area (TPSA) is 47.9 Å². The quantitative estimate of drug-likeness (QED) is 0.584. The van der Waals surface area contributed by atoms with Crippen molar-refractivity contribution >= 4 is 11.9 Å². The molecule has 0 aliphatic carbocycles. The molecule has 1 aromatic carbocycles. The van der Waals surface area contributed by atoms with Gasteiger partial charge in [0.05, 0.1) is 6.54 Å². The molecule has 1 aromatic rings. The largest absolute Gasteiger partial charge is 0.357 e. The van der Waals surface area contributed by atoms with Gasteiger partial charge in [0.25, 0.3) is 0 Å². The van der Waals surface area contributed by atoms with E-state index in [-0.39, 0.29) is 11.7 Å². The summed E-state index contributed by atoms with van der Waals surface area (Å²) in [5.41, 5.74) is 1.04. The zero-order valence-corrected chi connectivity index (χ0v) is 15.2. The minimum atomic E-state index is -0.231. The third-order valence-corrected chi connectivity index (χ3v) is 3.76. The third-order valence-electron chi connectivity index (χ3n) is 3.76. The van der Waals surface area contributed by atoms with Crippen molar-refractivity contribution in [3.8, 4) is 0 Å². The molecule has 0 bridgehead atoms. The maximum atomic E-state index is 12.9. The molecule has 5 nitrogen and oxygen atoms in total. The number of carbonyl (C=O) groups excluding carboxylic acids is 1. The van der Waals surface area contributed by atoms with Crippen molar-refractivity contribution in [3.05, 3.63) is 35.6 Å². The van der Waals surface area contributed by atoms with E-state index in [1.165, 1.54) is 12.1 Å². The van der Waals surface area contributed by atoms with Crippen LogP contribution in [0, 0.1) is 5.82 Å². The van der Waals surface area contributed by atoms with Gasteiger partial charge in [-0.1, -0.05) is 12.1 Å². The maximum absolute atomic E-state index is 12.9. The molecule has 1 amide bonds. The summed E-state index contributed by atoms with van der Waals surface area (Å²) in [4.78, 5) is 20.4. The predicted molar refractivity (Wildman–Crippen MR) is 96.6 cm³/mol. The molecule has 0 unspecified atom stereocenters. The van der Waals surface area contributed by atoms with Crippen LogP contribution >= 0.6 is 0 Å². The van der Waals surface area contributed by atoms with E-state index < -0.39 is 0 Å². The highest BCUT2D eigenvalue weighted by Crippen LogP contribution is 2.04. The summed E-state index contributed by atoms with van der Waals surface area (Å²) >= 11 is 0. The van der Waals surface area contributed by atoms with E-state index in [4.69, 9.17) is 0 Å². The van der Waals surface area contributed by atoms with Crippen LogP contribution in [0.3, 0.4) is 0 Å². The number of likely N-dealkylation sites (N-methyl/N-ethyl adjacent to an activating group) is 2. The van der Waals surface area contributed by atoms with E-state index in [1.54, 1.807) is 17.0 Å². The molecule has 1 rings (SSSR count). The molecular weight excluding hydrogens is 307 g/mol. The lowest BCUT2D eigenvalue weighted by Crippen LogP contribution is -2.45. The van der Waals surface area contributed by atoms with Crippen molar-refractivity contribution in [2.45, 2.75) is 27.2 Å². The first-order chi connectivity index (χ1) is 11.5. The van der Waals surface area contributed by atoms with Crippen molar-refractivity contribution in [1.82, 2.24) is 15.1 Å². The zero-order chi connectivity index (χ0) is 17.9. The van der Waals surface area contributed by atoms with Gasteiger partial charge in [-0.2, -0.15) is 0 Å². The van der Waals surface area contributed by atoms with Crippen LogP contribution in [0.5, 0.6) is 0 Å². The number of nitrogens with one attached hydrogen (secondary N) is 1. The maximum Gasteiger partial charge on any atom is 0.242 e. The Hall–Kier alpha value is -2.11. The van der Waals surface area contributed by atoms with Crippen LogP contribution in [0.2, 0.25) is 0 Å². The van der Waals surface area contributed by atoms with Gasteiger partial charge in [-0.15, -0.1) is 0 Å². The van der Waals surface area contributed by atoms with Crippen molar-refractivity contribution in [3.63, 3.8) is 0 Å². The summed E-state index contributed by atoms with van der Waals surface area (Å²) < 4.78 is 12.9. The summed E-state index contributed by atoms with van der Waals surface area (Å²) in [6.07, 6.45) is 0.729. The number of rotatable bonds is 8. The molecule has 0 fully saturated rings. The summed E-state index contributed by atoms with van der Waals surface area (Å²) in [7, 11) is 1.86. The highest BCUT2D eigenvalue weighted by Gasteiger charge is 2.14. The molecule has 134 valence electrons. The van der Waals surface area contributed by atoms with Crippen molar-refractivity contribution < 1.29 is 9.18 Å². The molecular formula is C18H29FN4O. The SMILES string of the molecule is CCNC(=NCCc1ccc(F)cc1)N(C)CC(=O)N(CC)CC. The Morgan fingerprint density at radius 2 is 1.79 bits per heavy atom. The van der Waals surface area contributed by atoms with Crippen molar-refractivity contribution in [2.75, 3.05) is 39.8 Å². The number of hydrogen-bond acceptors (Lipinski definition) is 2. The average Bonchev–Trinajstić information content (AvgIpc) is 2.56. The van der Waals surface area contributed by atoms with E-state index >= 15 is 0 Å². The fourth-order valence-electron chi connectivity index (χ4n) is 2.37. The van der Waals surface area contributed by atoms with Crippen LogP contribution in [-0.2, 0) is 11.2 Å². The standard InChI is InChI=1S/C18H29FN4O/c1-5-20-18(22(4)14-17(24)23(6-2)7-3)21-13-12-15-8-10-16(19)11-9-15/h8-11H,5-7,12-14H2,1-4H3,(H,20,21). The summed E-state index contributed by atoms with van der Waals surface area (Å²) in [6.45, 7) is 8.98. The molecule has 24 heavy (non-hydrogen) atoms. The lowest BCUT2D eigenvalue weighted by molar-refractivity contribution is -0.131. The Morgan fingerprint density at radius 3 is 2.33 bits per heavy atom. The van der Waals surface area contributed by atoms with Gasteiger partial charge in [0.2, 0.25) is 5.91 Å². The Balaban J connectivity index is 2.63. The Morgan fingerprint density at radius 1 is 1.17 bits per heavy atom. The van der Waals surface area contributed by atoms with Crippen LogP contribution in [-0.4, -0.2) is 61.4 Å². The first-order valence-corrected chi connectivity index (χ1v) is 8.53. The fourth-order valence-corrected chi connectivity index (χ4v) is 2.37. The van der Waals surface area contributed by atoms with Gasteiger partial charge in [-0.25, -0.2) is 4.39 Å². The summed E-state index contributed by atoms with van der Waals surface area (Å²) in [6, 6.07) is 6.45. The number of benzene rings is 1. The number of aliphatic imine (C=N–C) groups is 1. The van der Waals surface area contributed by atoms with Gasteiger partial charge in [0, 0.05) is 33.2 Å². The first kappa shape index (κ1) is 19.9. The molecule has 1 N–H and O–H groups in total. The minimum absolute atomic E-state index is 0.0895. The molecule has 0 aliphatic heterocycles. The van der Waals surface area contributed by atoms with E-state index in [1.807, 2.05) is 32.7 Å². The van der Waals surface area contributed by atoms with Gasteiger partial charge in [-0.05, 0) is 44.9 Å². The number of halogens is 1. The second kappa shape index (κ2) is 10.6. The van der Waals surface area contributed by atoms with Gasteiger partial charge >= 0.3 is 0 Å². The second-order valence-corrected chi connectivity index (χ2v) is 5.53. The van der Waals surface area contributed by atoms with Crippen molar-refractivity contribution in [2.24, 2.45) is 4.99 Å². The Bertz CT molecular complexity index is 526. The molecule has 0 aromatic heterocycles. The van der Waals surface area contributed by atoms with Crippen molar-refractivity contribution in [1.29, 1.82) is 0 Å². The van der Waals surface area contributed by atoms with Gasteiger partial charge in [0.1, 0.15) is 5.82 Å². The minimum Gasteiger partial charge on any atom is -0.357 e. The van der Waals surface area contributed by atoms with Crippen LogP contribution in [0.15, 0.2) is 29.3 Å². The number of guanidine groups is 1. The van der Waals surface area contributed by atoms with Crippen LogP contribution < -0.4 is 5.32 Å². The van der Waals surface area contributed by atoms with E-state index in [0.717, 1.165) is 18.5 Å². The van der Waals surface area contributed by atoms with Crippen LogP contribution in [0.4, 0.5) is 4.39 Å². The highest BCUT2D eigenvalue weighted by atomic mass is 19.1. The smallest absolute Gasteiger partial charge is 0.242 e. The molecule has 0 heterocycles. The normalized spacial score (nSPS) is 11.3. The third kappa shape index (κ3) is 6.56. The van der Waals surface area contributed by atoms with E-state index in [9.17, 15) is 9.18 Å². The first-order valence-electron chi connectivity index (χ1n) is 8.53. The number of nitrogens with zero attached hydrogens (tertiary/aromatic N) is 3. The van der Waals surface area contributed by atoms with Crippen LogP contribution in [0.1, 0.15) is 26.3 Å². The van der Waals surface area contributed by atoms with Gasteiger partial charge < -0.3 is 15.1 Å². The Labute approximate surface area is 144 Å². The number of hydrogen-bond donors (Lipinski definition) is 1. The second-order valence-electron chi connectivity index (χ2n) is 5.53. The lowest BCUT2D eigenvalue weighted by atomic mass is 10.1. The van der Waals surface area contributed by atoms with Gasteiger partial charge in [0.15, 0.2) is 5.96 Å². The zero-order valence-electron chi connectivity index (χ0n) is 15.2. The molecule has 0 saturated heterocycles. The highest BCUT2D eigenvalue weighted by molar-refractivity contribution is 5.86. The molecule has 0 aliphatic rings. The van der Waals surface area contributed by atoms with E-state index in [2.05, 4.69) is 10.3 Å². The number of amides is 1. The predicted octanol–water partition coefficient (Wildman–Crippen LogP) is 2.13. The summed E-state index contributed by atoms with van der Waals surface area (Å²) in [5, 5.41) is 3.20. The van der Waals surface area contributed by atoms with Gasteiger partial charge in [-0.3, -0.25) is 9.79 Å². The summed E-state index contributed by atoms with van der Waals surface area (Å²) in [5.74, 6) is 0.567. The Kier molecular flexibility index (Phi) is 8.83. The molecule has 0 saturated carbocycles.